The normalized spacial score (nSPS) is 15.0. The maximum absolute atomic E-state index is 5.46. The fourth-order valence-electron chi connectivity index (χ4n) is 3.19. The number of fused-ring (bicyclic) bond motifs is 2. The summed E-state index contributed by atoms with van der Waals surface area (Å²) in [6.07, 6.45) is 8.85. The van der Waals surface area contributed by atoms with Gasteiger partial charge in [0.15, 0.2) is 22.8 Å². The van der Waals surface area contributed by atoms with E-state index in [0.29, 0.717) is 5.58 Å². The number of aromatic nitrogens is 4. The maximum atomic E-state index is 5.46. The van der Waals surface area contributed by atoms with Crippen molar-refractivity contribution in [3.05, 3.63) is 37.3 Å². The van der Waals surface area contributed by atoms with Crippen molar-refractivity contribution in [2.75, 3.05) is 30.4 Å². The summed E-state index contributed by atoms with van der Waals surface area (Å²) in [6, 6.07) is 3.69. The number of furan rings is 2. The topological polar surface area (TPSA) is 93.1 Å². The van der Waals surface area contributed by atoms with Crippen molar-refractivity contribution < 1.29 is 8.83 Å². The van der Waals surface area contributed by atoms with Gasteiger partial charge in [-0.3, -0.25) is 0 Å². The van der Waals surface area contributed by atoms with Crippen LogP contribution in [0.15, 0.2) is 46.1 Å². The third-order valence-electron chi connectivity index (χ3n) is 4.79. The zero-order valence-electron chi connectivity index (χ0n) is 15.4. The molecule has 0 spiro atoms. The molecular weight excluding hydrogens is 344 g/mol. The number of piperidine rings is 1. The van der Waals surface area contributed by atoms with Crippen LogP contribution in [0.3, 0.4) is 0 Å². The van der Waals surface area contributed by atoms with Crippen LogP contribution in [0.4, 0.5) is 11.6 Å². The fraction of sp³-hybridized carbons (Fsp3) is 0.368. The Bertz CT molecular complexity index is 1020. The lowest BCUT2D eigenvalue weighted by Crippen LogP contribution is -2.33. The zero-order chi connectivity index (χ0) is 18.6. The molecule has 5 heterocycles. The number of nitrogens with zero attached hydrogens (tertiary/aromatic N) is 5. The van der Waals surface area contributed by atoms with E-state index in [1.54, 1.807) is 32.0 Å². The molecule has 0 aliphatic carbocycles. The van der Waals surface area contributed by atoms with E-state index in [0.717, 1.165) is 47.3 Å². The summed E-state index contributed by atoms with van der Waals surface area (Å²) in [7, 11) is 1.80. The first-order valence-corrected chi connectivity index (χ1v) is 9.05. The van der Waals surface area contributed by atoms with Crippen LogP contribution in [0, 0.1) is 5.92 Å². The molecule has 1 aliphatic rings. The van der Waals surface area contributed by atoms with Crippen molar-refractivity contribution in [2.45, 2.75) is 19.8 Å². The fourth-order valence-corrected chi connectivity index (χ4v) is 3.19. The van der Waals surface area contributed by atoms with Crippen LogP contribution in [0.5, 0.6) is 0 Å². The second kappa shape index (κ2) is 7.61. The molecule has 140 valence electrons. The Hall–Kier alpha value is -3.16. The molecule has 5 rings (SSSR count). The van der Waals surface area contributed by atoms with Gasteiger partial charge in [0, 0.05) is 32.3 Å². The Morgan fingerprint density at radius 2 is 1.56 bits per heavy atom. The largest absolute Gasteiger partial charge is 0.459 e. The van der Waals surface area contributed by atoms with E-state index < -0.39 is 0 Å². The third kappa shape index (κ3) is 3.55. The quantitative estimate of drug-likeness (QED) is 0.574. The smallest absolute Gasteiger partial charge is 0.194 e. The van der Waals surface area contributed by atoms with E-state index in [4.69, 9.17) is 8.83 Å². The Morgan fingerprint density at radius 1 is 0.926 bits per heavy atom. The van der Waals surface area contributed by atoms with Gasteiger partial charge >= 0.3 is 0 Å². The van der Waals surface area contributed by atoms with Crippen molar-refractivity contribution in [3.63, 3.8) is 0 Å². The van der Waals surface area contributed by atoms with Crippen molar-refractivity contribution >= 4 is 33.8 Å². The monoisotopic (exact) mass is 366 g/mol. The molecule has 0 atom stereocenters. The average molecular weight is 366 g/mol. The van der Waals surface area contributed by atoms with Gasteiger partial charge in [-0.25, -0.2) is 19.9 Å². The van der Waals surface area contributed by atoms with Gasteiger partial charge in [-0.05, 0) is 18.8 Å². The van der Waals surface area contributed by atoms with Crippen LogP contribution in [-0.4, -0.2) is 40.1 Å². The molecule has 0 unspecified atom stereocenters. The van der Waals surface area contributed by atoms with Crippen LogP contribution in [0.1, 0.15) is 19.8 Å². The van der Waals surface area contributed by atoms with Crippen molar-refractivity contribution in [1.82, 2.24) is 19.9 Å². The highest BCUT2D eigenvalue weighted by Gasteiger charge is 2.20. The van der Waals surface area contributed by atoms with Gasteiger partial charge in [0.05, 0.1) is 12.5 Å². The zero-order valence-corrected chi connectivity index (χ0v) is 15.4. The molecule has 1 N–H and O–H groups in total. The highest BCUT2D eigenvalue weighted by Crippen LogP contribution is 2.27. The van der Waals surface area contributed by atoms with E-state index in [2.05, 4.69) is 37.1 Å². The maximum Gasteiger partial charge on any atom is 0.194 e. The summed E-state index contributed by atoms with van der Waals surface area (Å²) in [5.74, 6) is 2.49. The number of nitrogens with one attached hydrogen (secondary N) is 1. The second-order valence-electron chi connectivity index (χ2n) is 6.61. The minimum atomic E-state index is 0.704. The van der Waals surface area contributed by atoms with Gasteiger partial charge in [0.2, 0.25) is 0 Å². The van der Waals surface area contributed by atoms with Gasteiger partial charge in [0.25, 0.3) is 0 Å². The molecule has 0 bridgehead atoms. The van der Waals surface area contributed by atoms with E-state index >= 15 is 0 Å². The first kappa shape index (κ1) is 17.3. The molecule has 4 aromatic heterocycles. The summed E-state index contributed by atoms with van der Waals surface area (Å²) >= 11 is 0. The van der Waals surface area contributed by atoms with Gasteiger partial charge < -0.3 is 19.1 Å². The number of hydrogen-bond donors (Lipinski definition) is 1. The lowest BCUT2D eigenvalue weighted by molar-refractivity contribution is 0.436. The van der Waals surface area contributed by atoms with Gasteiger partial charge in [0.1, 0.15) is 23.7 Å². The van der Waals surface area contributed by atoms with Crippen molar-refractivity contribution in [1.29, 1.82) is 0 Å². The summed E-state index contributed by atoms with van der Waals surface area (Å²) in [5, 5.41) is 2.91. The molecule has 0 aromatic carbocycles. The van der Waals surface area contributed by atoms with Crippen LogP contribution in [0.25, 0.3) is 22.2 Å². The van der Waals surface area contributed by atoms with Crippen molar-refractivity contribution in [3.8, 4) is 0 Å². The third-order valence-corrected chi connectivity index (χ3v) is 4.79. The first-order chi connectivity index (χ1) is 13.3. The predicted octanol–water partition coefficient (Wildman–Crippen LogP) is 3.72. The molecule has 8 nitrogen and oxygen atoms in total. The van der Waals surface area contributed by atoms with Crippen LogP contribution < -0.4 is 10.2 Å². The molecule has 1 saturated heterocycles. The molecule has 1 fully saturated rings. The average Bonchev–Trinajstić information content (AvgIpc) is 3.38. The van der Waals surface area contributed by atoms with E-state index in [9.17, 15) is 0 Å². The van der Waals surface area contributed by atoms with Gasteiger partial charge in [-0.1, -0.05) is 6.92 Å². The van der Waals surface area contributed by atoms with Crippen LogP contribution in [-0.2, 0) is 0 Å². The highest BCUT2D eigenvalue weighted by atomic mass is 16.3. The predicted molar refractivity (Wildman–Crippen MR) is 104 cm³/mol. The molecule has 8 heteroatoms. The van der Waals surface area contributed by atoms with E-state index in [1.807, 2.05) is 6.07 Å². The van der Waals surface area contributed by atoms with Crippen LogP contribution >= 0.6 is 0 Å². The lowest BCUT2D eigenvalue weighted by atomic mass is 9.99. The minimum Gasteiger partial charge on any atom is -0.459 e. The molecule has 0 radical (unpaired) electrons. The Balaban J connectivity index is 0.000000143. The number of rotatable bonds is 2. The SMILES string of the molecule is CC1CCN(c2ncnc3ccoc23)CC1.CNc1ncnc2ccoc12. The summed E-state index contributed by atoms with van der Waals surface area (Å²) in [4.78, 5) is 18.8. The highest BCUT2D eigenvalue weighted by molar-refractivity contribution is 5.84. The van der Waals surface area contributed by atoms with E-state index in [-0.39, 0.29) is 0 Å². The molecule has 0 saturated carbocycles. The molecule has 27 heavy (non-hydrogen) atoms. The summed E-state index contributed by atoms with van der Waals surface area (Å²) in [6.45, 7) is 4.43. The lowest BCUT2D eigenvalue weighted by Gasteiger charge is -2.30. The summed E-state index contributed by atoms with van der Waals surface area (Å²) < 4.78 is 10.6. The Kier molecular flexibility index (Phi) is 4.86. The van der Waals surface area contributed by atoms with Gasteiger partial charge in [-0.2, -0.15) is 0 Å². The standard InChI is InChI=1S/C12H15N3O.C7H7N3O/c1-9-2-5-15(6-3-9)12-11-10(4-7-16-11)13-8-14-12;1-8-7-6-5(2-3-11-6)9-4-10-7/h4,7-9H,2-3,5-6H2,1H3;2-4H,1H3,(H,8,9,10). The number of hydrogen-bond acceptors (Lipinski definition) is 8. The second-order valence-corrected chi connectivity index (χ2v) is 6.61. The van der Waals surface area contributed by atoms with Crippen molar-refractivity contribution in [2.24, 2.45) is 5.92 Å². The first-order valence-electron chi connectivity index (χ1n) is 9.05. The van der Waals surface area contributed by atoms with E-state index in [1.165, 1.54) is 19.2 Å². The van der Waals surface area contributed by atoms with Crippen LogP contribution in [0.2, 0.25) is 0 Å². The minimum absolute atomic E-state index is 0.704. The Labute approximate surface area is 156 Å². The molecule has 1 aliphatic heterocycles. The number of anilines is 2. The Morgan fingerprint density at radius 3 is 2.26 bits per heavy atom. The van der Waals surface area contributed by atoms with Gasteiger partial charge in [-0.15, -0.1) is 0 Å². The molecular formula is C19H22N6O2. The molecule has 0 amide bonds. The summed E-state index contributed by atoms with van der Waals surface area (Å²) in [5.41, 5.74) is 3.24. The molecule has 4 aromatic rings.